The highest BCUT2D eigenvalue weighted by Crippen LogP contribution is 2.21. The number of rotatable bonds is 5. The molecule has 1 saturated heterocycles. The number of halogens is 1. The predicted molar refractivity (Wildman–Crippen MR) is 90.3 cm³/mol. The number of hydrogen-bond donors (Lipinski definition) is 1. The highest BCUT2D eigenvalue weighted by atomic mass is 19.1. The Morgan fingerprint density at radius 1 is 1.08 bits per heavy atom. The lowest BCUT2D eigenvalue weighted by Crippen LogP contribution is -2.43. The molecule has 1 N–H and O–H groups in total. The number of hydrogen-bond acceptors (Lipinski definition) is 3. The van der Waals surface area contributed by atoms with Crippen LogP contribution in [0.15, 0.2) is 54.6 Å². The van der Waals surface area contributed by atoms with Crippen molar-refractivity contribution in [2.75, 3.05) is 32.8 Å². The minimum absolute atomic E-state index is 0.0968. The Bertz CT molecular complexity index is 655. The molecule has 126 valence electrons. The van der Waals surface area contributed by atoms with E-state index in [9.17, 15) is 9.18 Å². The second-order valence-corrected chi connectivity index (χ2v) is 5.79. The normalized spacial score (nSPS) is 16.5. The van der Waals surface area contributed by atoms with Gasteiger partial charge in [0, 0.05) is 25.2 Å². The maximum absolute atomic E-state index is 13.0. The van der Waals surface area contributed by atoms with Crippen molar-refractivity contribution >= 4 is 5.91 Å². The van der Waals surface area contributed by atoms with Gasteiger partial charge in [0.25, 0.3) is 5.91 Å². The Morgan fingerprint density at radius 2 is 1.75 bits per heavy atom. The van der Waals surface area contributed by atoms with E-state index in [2.05, 4.69) is 22.3 Å². The fraction of sp³-hybridized carbons (Fsp3) is 0.316. The number of amides is 1. The van der Waals surface area contributed by atoms with Crippen molar-refractivity contribution in [3.05, 3.63) is 71.5 Å². The zero-order chi connectivity index (χ0) is 16.8. The van der Waals surface area contributed by atoms with Gasteiger partial charge in [0.2, 0.25) is 0 Å². The fourth-order valence-corrected chi connectivity index (χ4v) is 2.91. The molecule has 1 aliphatic heterocycles. The van der Waals surface area contributed by atoms with Crippen LogP contribution in [0.2, 0.25) is 0 Å². The van der Waals surface area contributed by atoms with Gasteiger partial charge in [0.1, 0.15) is 5.82 Å². The summed E-state index contributed by atoms with van der Waals surface area (Å²) >= 11 is 0. The molecular weight excluding hydrogens is 307 g/mol. The first kappa shape index (κ1) is 16.6. The van der Waals surface area contributed by atoms with Crippen LogP contribution in [-0.2, 0) is 4.74 Å². The molecule has 4 nitrogen and oxygen atoms in total. The third-order valence-corrected chi connectivity index (χ3v) is 4.23. The van der Waals surface area contributed by atoms with Gasteiger partial charge >= 0.3 is 0 Å². The summed E-state index contributed by atoms with van der Waals surface area (Å²) in [5.41, 5.74) is 1.63. The molecule has 1 aliphatic rings. The molecule has 0 aliphatic carbocycles. The fourth-order valence-electron chi connectivity index (χ4n) is 2.91. The molecule has 0 aromatic heterocycles. The molecule has 5 heteroatoms. The van der Waals surface area contributed by atoms with E-state index in [-0.39, 0.29) is 17.8 Å². The smallest absolute Gasteiger partial charge is 0.251 e. The standard InChI is InChI=1S/C19H21FN2O2/c20-17-8-6-16(7-9-17)19(23)21-14-18(15-4-2-1-3-5-15)22-10-12-24-13-11-22/h1-9,18H,10-14H2,(H,21,23). The summed E-state index contributed by atoms with van der Waals surface area (Å²) in [7, 11) is 0. The quantitative estimate of drug-likeness (QED) is 0.917. The van der Waals surface area contributed by atoms with Gasteiger partial charge in [-0.25, -0.2) is 4.39 Å². The van der Waals surface area contributed by atoms with Gasteiger partial charge in [-0.3, -0.25) is 9.69 Å². The Kier molecular flexibility index (Phi) is 5.56. The summed E-state index contributed by atoms with van der Waals surface area (Å²) in [6.07, 6.45) is 0. The highest BCUT2D eigenvalue weighted by Gasteiger charge is 2.23. The molecule has 1 fully saturated rings. The van der Waals surface area contributed by atoms with E-state index >= 15 is 0 Å². The Balaban J connectivity index is 1.69. The van der Waals surface area contributed by atoms with Crippen LogP contribution in [0, 0.1) is 5.82 Å². The molecule has 2 aromatic rings. The minimum Gasteiger partial charge on any atom is -0.379 e. The zero-order valence-electron chi connectivity index (χ0n) is 13.5. The van der Waals surface area contributed by atoms with Crippen molar-refractivity contribution in [3.8, 4) is 0 Å². The second-order valence-electron chi connectivity index (χ2n) is 5.79. The van der Waals surface area contributed by atoms with Crippen LogP contribution in [-0.4, -0.2) is 43.7 Å². The molecule has 0 bridgehead atoms. The molecule has 1 amide bonds. The summed E-state index contributed by atoms with van der Waals surface area (Å²) < 4.78 is 18.4. The van der Waals surface area contributed by atoms with Gasteiger partial charge in [-0.15, -0.1) is 0 Å². The van der Waals surface area contributed by atoms with Gasteiger partial charge in [-0.05, 0) is 29.8 Å². The number of nitrogens with one attached hydrogen (secondary N) is 1. The van der Waals surface area contributed by atoms with Gasteiger partial charge in [0.05, 0.1) is 19.3 Å². The van der Waals surface area contributed by atoms with E-state index < -0.39 is 0 Å². The van der Waals surface area contributed by atoms with Crippen molar-refractivity contribution in [2.45, 2.75) is 6.04 Å². The molecule has 3 rings (SSSR count). The Labute approximate surface area is 141 Å². The number of carbonyl (C=O) groups excluding carboxylic acids is 1. The topological polar surface area (TPSA) is 41.6 Å². The molecule has 1 heterocycles. The van der Waals surface area contributed by atoms with Crippen molar-refractivity contribution in [3.63, 3.8) is 0 Å². The number of ether oxygens (including phenoxy) is 1. The van der Waals surface area contributed by atoms with E-state index in [4.69, 9.17) is 4.74 Å². The van der Waals surface area contributed by atoms with E-state index in [1.807, 2.05) is 18.2 Å². The average molecular weight is 328 g/mol. The Morgan fingerprint density at radius 3 is 2.42 bits per heavy atom. The number of benzene rings is 2. The summed E-state index contributed by atoms with van der Waals surface area (Å²) in [6, 6.07) is 15.8. The molecule has 0 spiro atoms. The van der Waals surface area contributed by atoms with Crippen LogP contribution in [0.1, 0.15) is 22.0 Å². The minimum atomic E-state index is -0.345. The molecule has 0 radical (unpaired) electrons. The molecule has 0 saturated carbocycles. The van der Waals surface area contributed by atoms with Crippen molar-refractivity contribution in [1.82, 2.24) is 10.2 Å². The van der Waals surface area contributed by atoms with E-state index in [0.717, 1.165) is 13.1 Å². The number of morpholine rings is 1. The van der Waals surface area contributed by atoms with E-state index in [1.54, 1.807) is 0 Å². The summed E-state index contributed by atoms with van der Waals surface area (Å²) in [5, 5.41) is 2.97. The second kappa shape index (κ2) is 8.04. The maximum atomic E-state index is 13.0. The Hall–Kier alpha value is -2.24. The van der Waals surface area contributed by atoms with Gasteiger partial charge in [0.15, 0.2) is 0 Å². The first-order chi connectivity index (χ1) is 11.7. The van der Waals surface area contributed by atoms with E-state index in [1.165, 1.54) is 29.8 Å². The van der Waals surface area contributed by atoms with Crippen LogP contribution in [0.4, 0.5) is 4.39 Å². The third kappa shape index (κ3) is 4.19. The van der Waals surface area contributed by atoms with Crippen molar-refractivity contribution < 1.29 is 13.9 Å². The lowest BCUT2D eigenvalue weighted by atomic mass is 10.0. The molecule has 24 heavy (non-hydrogen) atoms. The van der Waals surface area contributed by atoms with Gasteiger partial charge < -0.3 is 10.1 Å². The van der Waals surface area contributed by atoms with Crippen LogP contribution in [0.25, 0.3) is 0 Å². The summed E-state index contributed by atoms with van der Waals surface area (Å²) in [4.78, 5) is 14.6. The van der Waals surface area contributed by atoms with E-state index in [0.29, 0.717) is 25.3 Å². The van der Waals surface area contributed by atoms with Crippen LogP contribution in [0.5, 0.6) is 0 Å². The third-order valence-electron chi connectivity index (χ3n) is 4.23. The van der Waals surface area contributed by atoms with Crippen LogP contribution < -0.4 is 5.32 Å². The highest BCUT2D eigenvalue weighted by molar-refractivity contribution is 5.94. The van der Waals surface area contributed by atoms with Crippen LogP contribution in [0.3, 0.4) is 0 Å². The lowest BCUT2D eigenvalue weighted by Gasteiger charge is -2.35. The van der Waals surface area contributed by atoms with Gasteiger partial charge in [-0.2, -0.15) is 0 Å². The average Bonchev–Trinajstić information content (AvgIpc) is 2.64. The monoisotopic (exact) mass is 328 g/mol. The number of carbonyl (C=O) groups is 1. The molecule has 2 aromatic carbocycles. The first-order valence-corrected chi connectivity index (χ1v) is 8.14. The maximum Gasteiger partial charge on any atom is 0.251 e. The van der Waals surface area contributed by atoms with Crippen LogP contribution >= 0.6 is 0 Å². The SMILES string of the molecule is O=C(NCC(c1ccccc1)N1CCOCC1)c1ccc(F)cc1. The summed E-state index contributed by atoms with van der Waals surface area (Å²) in [6.45, 7) is 3.59. The lowest BCUT2D eigenvalue weighted by molar-refractivity contribution is 0.0162. The number of nitrogens with zero attached hydrogens (tertiary/aromatic N) is 1. The molecular formula is C19H21FN2O2. The first-order valence-electron chi connectivity index (χ1n) is 8.14. The zero-order valence-corrected chi connectivity index (χ0v) is 13.5. The predicted octanol–water partition coefficient (Wildman–Crippen LogP) is 2.63. The largest absolute Gasteiger partial charge is 0.379 e. The molecule has 1 atom stereocenters. The van der Waals surface area contributed by atoms with Crippen molar-refractivity contribution in [2.24, 2.45) is 0 Å². The summed E-state index contributed by atoms with van der Waals surface area (Å²) in [5.74, 6) is -0.536. The van der Waals surface area contributed by atoms with Gasteiger partial charge in [-0.1, -0.05) is 30.3 Å². The van der Waals surface area contributed by atoms with Crippen molar-refractivity contribution in [1.29, 1.82) is 0 Å². The molecule has 1 unspecified atom stereocenters.